The Balaban J connectivity index is 3.28. The molecule has 1 N–H and O–H groups in total. The van der Waals surface area contributed by atoms with Crippen molar-refractivity contribution in [3.63, 3.8) is 0 Å². The minimum atomic E-state index is 0.485. The summed E-state index contributed by atoms with van der Waals surface area (Å²) >= 11 is 0. The van der Waals surface area contributed by atoms with Crippen LogP contribution in [0.4, 0.5) is 5.69 Å². The normalized spacial score (nSPS) is 11.6. The highest BCUT2D eigenvalue weighted by Crippen LogP contribution is 2.33. The van der Waals surface area contributed by atoms with E-state index >= 15 is 0 Å². The average molecular weight is 233 g/mol. The first-order valence-electron chi connectivity index (χ1n) is 6.74. The lowest BCUT2D eigenvalue weighted by Crippen LogP contribution is -2.13. The number of hydrogen-bond donors (Lipinski definition) is 1. The zero-order valence-corrected chi connectivity index (χ0v) is 12.4. The van der Waals surface area contributed by atoms with Crippen molar-refractivity contribution in [1.82, 2.24) is 0 Å². The topological polar surface area (TPSA) is 12.0 Å². The lowest BCUT2D eigenvalue weighted by molar-refractivity contribution is 0.781. The van der Waals surface area contributed by atoms with Gasteiger partial charge < -0.3 is 5.32 Å². The van der Waals surface area contributed by atoms with Crippen molar-refractivity contribution >= 4 is 5.69 Å². The van der Waals surface area contributed by atoms with Gasteiger partial charge in [0.1, 0.15) is 0 Å². The van der Waals surface area contributed by atoms with Crippen molar-refractivity contribution in [2.75, 3.05) is 5.32 Å². The van der Waals surface area contributed by atoms with Gasteiger partial charge in [0, 0.05) is 11.7 Å². The Kier molecular flexibility index (Phi) is 4.62. The Bertz CT molecular complexity index is 375. The van der Waals surface area contributed by atoms with Gasteiger partial charge in [-0.25, -0.2) is 0 Å². The average Bonchev–Trinajstić information content (AvgIpc) is 2.19. The molecule has 1 heteroatoms. The van der Waals surface area contributed by atoms with Crippen molar-refractivity contribution in [2.45, 2.75) is 66.3 Å². The highest BCUT2D eigenvalue weighted by Gasteiger charge is 2.15. The van der Waals surface area contributed by atoms with Crippen LogP contribution in [0.15, 0.2) is 12.1 Å². The van der Waals surface area contributed by atoms with Gasteiger partial charge in [-0.1, -0.05) is 33.8 Å². The molecule has 1 nitrogen and oxygen atoms in total. The van der Waals surface area contributed by atoms with Crippen LogP contribution in [-0.2, 0) is 0 Å². The van der Waals surface area contributed by atoms with Crippen molar-refractivity contribution in [3.8, 4) is 0 Å². The van der Waals surface area contributed by atoms with Crippen molar-refractivity contribution < 1.29 is 0 Å². The first-order valence-corrected chi connectivity index (χ1v) is 6.74. The van der Waals surface area contributed by atoms with E-state index in [9.17, 15) is 0 Å². The van der Waals surface area contributed by atoms with Gasteiger partial charge in [-0.15, -0.1) is 0 Å². The van der Waals surface area contributed by atoms with Crippen LogP contribution in [0.5, 0.6) is 0 Å². The maximum Gasteiger partial charge on any atom is 0.0374 e. The van der Waals surface area contributed by atoms with E-state index < -0.39 is 0 Å². The van der Waals surface area contributed by atoms with Crippen LogP contribution in [0.2, 0.25) is 0 Å². The van der Waals surface area contributed by atoms with E-state index in [0.717, 1.165) is 0 Å². The quantitative estimate of drug-likeness (QED) is 0.766. The van der Waals surface area contributed by atoms with Gasteiger partial charge in [0.2, 0.25) is 0 Å². The minimum absolute atomic E-state index is 0.485. The minimum Gasteiger partial charge on any atom is -0.383 e. The first kappa shape index (κ1) is 14.1. The van der Waals surface area contributed by atoms with Crippen LogP contribution in [0.3, 0.4) is 0 Å². The zero-order chi connectivity index (χ0) is 13.2. The maximum atomic E-state index is 3.53. The Morgan fingerprint density at radius 3 is 1.88 bits per heavy atom. The van der Waals surface area contributed by atoms with Gasteiger partial charge in [-0.2, -0.15) is 0 Å². The molecule has 1 rings (SSSR count). The van der Waals surface area contributed by atoms with Crippen molar-refractivity contribution in [3.05, 3.63) is 28.8 Å². The highest BCUT2D eigenvalue weighted by atomic mass is 14.9. The second kappa shape index (κ2) is 5.57. The molecule has 0 saturated heterocycles. The maximum absolute atomic E-state index is 3.53. The summed E-state index contributed by atoms with van der Waals surface area (Å²) in [4.78, 5) is 0. The molecule has 1 aromatic carbocycles. The molecule has 0 heterocycles. The van der Waals surface area contributed by atoms with Gasteiger partial charge in [-0.05, 0) is 55.4 Å². The molecule has 0 spiro atoms. The number of rotatable bonds is 4. The summed E-state index contributed by atoms with van der Waals surface area (Å²) in [5, 5.41) is 3.53. The molecule has 0 atom stereocenters. The highest BCUT2D eigenvalue weighted by molar-refractivity contribution is 5.58. The fourth-order valence-electron chi connectivity index (χ4n) is 2.49. The lowest BCUT2D eigenvalue weighted by Gasteiger charge is -2.23. The van der Waals surface area contributed by atoms with E-state index in [0.29, 0.717) is 17.9 Å². The second-order valence-electron chi connectivity index (χ2n) is 5.85. The van der Waals surface area contributed by atoms with Gasteiger partial charge in [-0.3, -0.25) is 0 Å². The van der Waals surface area contributed by atoms with Gasteiger partial charge in [0.05, 0.1) is 0 Å². The fourth-order valence-corrected chi connectivity index (χ4v) is 2.49. The van der Waals surface area contributed by atoms with E-state index in [-0.39, 0.29) is 0 Å². The van der Waals surface area contributed by atoms with E-state index in [2.05, 4.69) is 65.9 Å². The third kappa shape index (κ3) is 3.24. The van der Waals surface area contributed by atoms with Gasteiger partial charge in [0.25, 0.3) is 0 Å². The van der Waals surface area contributed by atoms with E-state index in [1.54, 1.807) is 0 Å². The molecule has 0 radical (unpaired) electrons. The molecular formula is C16H27N. The number of hydrogen-bond acceptors (Lipinski definition) is 1. The predicted molar refractivity (Wildman–Crippen MR) is 78.1 cm³/mol. The molecule has 0 aliphatic rings. The summed E-state index contributed by atoms with van der Waals surface area (Å²) in [6.07, 6.45) is 0. The number of benzene rings is 1. The SMILES string of the molecule is Cc1c(NC(C)C)ccc(C(C)C)c1C(C)C. The molecule has 1 aromatic rings. The van der Waals surface area contributed by atoms with Crippen LogP contribution >= 0.6 is 0 Å². The van der Waals surface area contributed by atoms with E-state index in [1.165, 1.54) is 22.4 Å². The summed E-state index contributed by atoms with van der Waals surface area (Å²) < 4.78 is 0. The molecule has 96 valence electrons. The monoisotopic (exact) mass is 233 g/mol. The molecule has 0 aromatic heterocycles. The summed E-state index contributed by atoms with van der Waals surface area (Å²) in [5.74, 6) is 1.18. The van der Waals surface area contributed by atoms with Crippen molar-refractivity contribution in [1.29, 1.82) is 0 Å². The Hall–Kier alpha value is -0.980. The predicted octanol–water partition coefficient (Wildman–Crippen LogP) is 5.06. The Labute approximate surface area is 107 Å². The summed E-state index contributed by atoms with van der Waals surface area (Å²) in [7, 11) is 0. The first-order chi connectivity index (χ1) is 7.84. The van der Waals surface area contributed by atoms with E-state index in [1.807, 2.05) is 0 Å². The summed E-state index contributed by atoms with van der Waals surface area (Å²) in [5.41, 5.74) is 5.71. The van der Waals surface area contributed by atoms with Crippen LogP contribution in [0, 0.1) is 6.92 Å². The standard InChI is InChI=1S/C16H27N/c1-10(2)14-8-9-15(17-12(5)6)13(7)16(14)11(3)4/h8-12,17H,1-7H3. The second-order valence-corrected chi connectivity index (χ2v) is 5.85. The van der Waals surface area contributed by atoms with E-state index in [4.69, 9.17) is 0 Å². The molecule has 0 amide bonds. The number of anilines is 1. The summed E-state index contributed by atoms with van der Waals surface area (Å²) in [6, 6.07) is 5.01. The third-order valence-corrected chi connectivity index (χ3v) is 3.19. The van der Waals surface area contributed by atoms with Crippen molar-refractivity contribution in [2.24, 2.45) is 0 Å². The molecule has 0 bridgehead atoms. The van der Waals surface area contributed by atoms with Crippen LogP contribution < -0.4 is 5.32 Å². The molecule has 0 fully saturated rings. The van der Waals surface area contributed by atoms with Crippen LogP contribution in [-0.4, -0.2) is 6.04 Å². The van der Waals surface area contributed by atoms with Gasteiger partial charge in [0.15, 0.2) is 0 Å². The Morgan fingerprint density at radius 1 is 0.882 bits per heavy atom. The zero-order valence-electron chi connectivity index (χ0n) is 12.4. The molecule has 0 aliphatic heterocycles. The molecule has 0 aliphatic carbocycles. The summed E-state index contributed by atoms with van der Waals surface area (Å²) in [6.45, 7) is 15.7. The lowest BCUT2D eigenvalue weighted by atomic mass is 9.86. The largest absolute Gasteiger partial charge is 0.383 e. The number of nitrogens with one attached hydrogen (secondary N) is 1. The molecular weight excluding hydrogens is 206 g/mol. The third-order valence-electron chi connectivity index (χ3n) is 3.19. The molecule has 0 saturated carbocycles. The Morgan fingerprint density at radius 2 is 1.47 bits per heavy atom. The fraction of sp³-hybridized carbons (Fsp3) is 0.625. The van der Waals surface area contributed by atoms with Gasteiger partial charge >= 0.3 is 0 Å². The van der Waals surface area contributed by atoms with Crippen LogP contribution in [0.1, 0.15) is 70.1 Å². The van der Waals surface area contributed by atoms with Crippen LogP contribution in [0.25, 0.3) is 0 Å². The smallest absolute Gasteiger partial charge is 0.0374 e. The molecule has 0 unspecified atom stereocenters. The molecule has 17 heavy (non-hydrogen) atoms.